The van der Waals surface area contributed by atoms with Gasteiger partial charge in [0.1, 0.15) is 11.5 Å². The average molecular weight is 348 g/mol. The van der Waals surface area contributed by atoms with Crippen LogP contribution in [0.15, 0.2) is 46.9 Å². The van der Waals surface area contributed by atoms with Crippen LogP contribution in [0.2, 0.25) is 0 Å². The van der Waals surface area contributed by atoms with Crippen molar-refractivity contribution >= 4 is 15.9 Å². The van der Waals surface area contributed by atoms with Crippen molar-refractivity contribution in [1.29, 1.82) is 0 Å². The molecule has 0 aromatic heterocycles. The molecule has 2 atom stereocenters. The Balaban J connectivity index is 2.15. The van der Waals surface area contributed by atoms with Gasteiger partial charge < -0.3 is 10.5 Å². The fourth-order valence-electron chi connectivity index (χ4n) is 2.11. The van der Waals surface area contributed by atoms with E-state index in [4.69, 9.17) is 10.5 Å². The normalized spacial score (nSPS) is 13.8. The fourth-order valence-corrected chi connectivity index (χ4v) is 2.59. The minimum atomic E-state index is 0.0187. The lowest BCUT2D eigenvalue weighted by molar-refractivity contribution is 0.479. The van der Waals surface area contributed by atoms with Crippen LogP contribution in [0.1, 0.15) is 50.3 Å². The molecule has 0 fully saturated rings. The van der Waals surface area contributed by atoms with Crippen LogP contribution < -0.4 is 10.5 Å². The molecule has 112 valence electrons. The first-order valence-corrected chi connectivity index (χ1v) is 8.13. The maximum absolute atomic E-state index is 5.92. The fraction of sp³-hybridized carbons (Fsp3) is 0.333. The molecule has 0 heterocycles. The molecule has 2 aromatic carbocycles. The molecular weight excluding hydrogens is 326 g/mol. The lowest BCUT2D eigenvalue weighted by Crippen LogP contribution is -2.04. The second-order valence-electron chi connectivity index (χ2n) is 5.46. The van der Waals surface area contributed by atoms with Gasteiger partial charge in [-0.1, -0.05) is 32.0 Å². The minimum absolute atomic E-state index is 0.0187. The third kappa shape index (κ3) is 4.08. The molecule has 0 aliphatic carbocycles. The third-order valence-electron chi connectivity index (χ3n) is 3.77. The van der Waals surface area contributed by atoms with Gasteiger partial charge in [0.2, 0.25) is 0 Å². The summed E-state index contributed by atoms with van der Waals surface area (Å²) in [5, 5.41) is 0. The Bertz CT molecular complexity index is 593. The molecular formula is C18H22BrNO. The highest BCUT2D eigenvalue weighted by atomic mass is 79.9. The van der Waals surface area contributed by atoms with Gasteiger partial charge in [-0.05, 0) is 70.6 Å². The number of hydrogen-bond donors (Lipinski definition) is 1. The molecule has 0 spiro atoms. The average Bonchev–Trinajstić information content (AvgIpc) is 2.49. The Kier molecular flexibility index (Phi) is 5.43. The van der Waals surface area contributed by atoms with Gasteiger partial charge in [0.15, 0.2) is 0 Å². The molecule has 0 aliphatic rings. The molecule has 1 unspecified atom stereocenters. The summed E-state index contributed by atoms with van der Waals surface area (Å²) in [6, 6.07) is 14.3. The van der Waals surface area contributed by atoms with Crippen LogP contribution in [-0.2, 0) is 0 Å². The van der Waals surface area contributed by atoms with Crippen molar-refractivity contribution in [3.8, 4) is 11.5 Å². The van der Waals surface area contributed by atoms with Gasteiger partial charge in [0.25, 0.3) is 0 Å². The van der Waals surface area contributed by atoms with Gasteiger partial charge in [0, 0.05) is 6.04 Å². The van der Waals surface area contributed by atoms with E-state index in [1.165, 1.54) is 5.56 Å². The number of nitrogens with two attached hydrogens (primary N) is 1. The monoisotopic (exact) mass is 347 g/mol. The molecule has 2 aromatic rings. The highest BCUT2D eigenvalue weighted by Gasteiger charge is 2.07. The van der Waals surface area contributed by atoms with E-state index in [2.05, 4.69) is 41.9 Å². The third-order valence-corrected chi connectivity index (χ3v) is 4.39. The van der Waals surface area contributed by atoms with Crippen molar-refractivity contribution in [3.63, 3.8) is 0 Å². The maximum atomic E-state index is 5.92. The van der Waals surface area contributed by atoms with Gasteiger partial charge >= 0.3 is 0 Å². The Morgan fingerprint density at radius 3 is 2.19 bits per heavy atom. The second kappa shape index (κ2) is 7.10. The first kappa shape index (κ1) is 16.1. The van der Waals surface area contributed by atoms with Crippen LogP contribution in [0.3, 0.4) is 0 Å². The largest absolute Gasteiger partial charge is 0.456 e. The molecule has 0 saturated carbocycles. The molecule has 0 radical (unpaired) electrons. The SMILES string of the molecule is CCC(C)c1ccc(Oc2ccc([C@@H](C)N)cc2Br)cc1. The summed E-state index contributed by atoms with van der Waals surface area (Å²) in [6.45, 7) is 6.40. The van der Waals surface area contributed by atoms with Crippen molar-refractivity contribution in [2.45, 2.75) is 39.2 Å². The predicted octanol–water partition coefficient (Wildman–Crippen LogP) is 5.77. The van der Waals surface area contributed by atoms with Gasteiger partial charge in [-0.25, -0.2) is 0 Å². The van der Waals surface area contributed by atoms with Gasteiger partial charge in [0.05, 0.1) is 4.47 Å². The molecule has 0 saturated heterocycles. The molecule has 0 bridgehead atoms. The summed E-state index contributed by atoms with van der Waals surface area (Å²) >= 11 is 3.54. The highest BCUT2D eigenvalue weighted by Crippen LogP contribution is 2.32. The van der Waals surface area contributed by atoms with Gasteiger partial charge in [-0.2, -0.15) is 0 Å². The number of ether oxygens (including phenoxy) is 1. The summed E-state index contributed by atoms with van der Waals surface area (Å²) in [7, 11) is 0. The number of hydrogen-bond acceptors (Lipinski definition) is 2. The maximum Gasteiger partial charge on any atom is 0.141 e. The zero-order valence-electron chi connectivity index (χ0n) is 12.8. The first-order chi connectivity index (χ1) is 10.0. The second-order valence-corrected chi connectivity index (χ2v) is 6.31. The Morgan fingerprint density at radius 1 is 1.05 bits per heavy atom. The van der Waals surface area contributed by atoms with Gasteiger partial charge in [-0.3, -0.25) is 0 Å². The van der Waals surface area contributed by atoms with Crippen LogP contribution in [0, 0.1) is 0 Å². The lowest BCUT2D eigenvalue weighted by Gasteiger charge is -2.13. The van der Waals surface area contributed by atoms with Crippen LogP contribution in [0.25, 0.3) is 0 Å². The van der Waals surface area contributed by atoms with E-state index in [9.17, 15) is 0 Å². The van der Waals surface area contributed by atoms with Crippen molar-refractivity contribution in [2.24, 2.45) is 5.73 Å². The highest BCUT2D eigenvalue weighted by molar-refractivity contribution is 9.10. The predicted molar refractivity (Wildman–Crippen MR) is 92.0 cm³/mol. The van der Waals surface area contributed by atoms with Crippen molar-refractivity contribution in [1.82, 2.24) is 0 Å². The van der Waals surface area contributed by atoms with E-state index >= 15 is 0 Å². The molecule has 2 nitrogen and oxygen atoms in total. The van der Waals surface area contributed by atoms with Crippen LogP contribution in [0.5, 0.6) is 11.5 Å². The van der Waals surface area contributed by atoms with Crippen molar-refractivity contribution in [2.75, 3.05) is 0 Å². The summed E-state index contributed by atoms with van der Waals surface area (Å²) in [5.41, 5.74) is 8.31. The Morgan fingerprint density at radius 2 is 1.67 bits per heavy atom. The molecule has 2 N–H and O–H groups in total. The van der Waals surface area contributed by atoms with E-state index in [-0.39, 0.29) is 6.04 Å². The summed E-state index contributed by atoms with van der Waals surface area (Å²) in [4.78, 5) is 0. The van der Waals surface area contributed by atoms with E-state index < -0.39 is 0 Å². The smallest absolute Gasteiger partial charge is 0.141 e. The van der Waals surface area contributed by atoms with Crippen molar-refractivity contribution in [3.05, 3.63) is 58.1 Å². The first-order valence-electron chi connectivity index (χ1n) is 7.34. The molecule has 0 aliphatic heterocycles. The van der Waals surface area contributed by atoms with Crippen LogP contribution in [-0.4, -0.2) is 0 Å². The number of benzene rings is 2. The van der Waals surface area contributed by atoms with Crippen LogP contribution >= 0.6 is 15.9 Å². The Hall–Kier alpha value is -1.32. The molecule has 21 heavy (non-hydrogen) atoms. The van der Waals surface area contributed by atoms with E-state index in [1.54, 1.807) is 0 Å². The number of rotatable bonds is 5. The van der Waals surface area contributed by atoms with E-state index in [0.29, 0.717) is 5.92 Å². The summed E-state index contributed by atoms with van der Waals surface area (Å²) < 4.78 is 6.84. The number of halogens is 1. The standard InChI is InChI=1S/C18H22BrNO/c1-4-12(2)14-5-8-16(9-6-14)21-18-10-7-15(13(3)20)11-17(18)19/h5-13H,4,20H2,1-3H3/t12?,13-/m1/s1. The summed E-state index contributed by atoms with van der Waals surface area (Å²) in [6.07, 6.45) is 1.14. The van der Waals surface area contributed by atoms with Crippen LogP contribution in [0.4, 0.5) is 0 Å². The lowest BCUT2D eigenvalue weighted by atomic mass is 9.99. The summed E-state index contributed by atoms with van der Waals surface area (Å²) in [5.74, 6) is 2.23. The molecule has 2 rings (SSSR count). The molecule has 3 heteroatoms. The quantitative estimate of drug-likeness (QED) is 0.744. The minimum Gasteiger partial charge on any atom is -0.456 e. The van der Waals surface area contributed by atoms with E-state index in [0.717, 1.165) is 28.0 Å². The Labute approximate surface area is 135 Å². The van der Waals surface area contributed by atoms with Crippen molar-refractivity contribution < 1.29 is 4.74 Å². The van der Waals surface area contributed by atoms with Gasteiger partial charge in [-0.15, -0.1) is 0 Å². The zero-order valence-corrected chi connectivity index (χ0v) is 14.4. The molecule has 0 amide bonds. The topological polar surface area (TPSA) is 35.2 Å². The van der Waals surface area contributed by atoms with E-state index in [1.807, 2.05) is 37.3 Å². The zero-order chi connectivity index (χ0) is 15.4.